The van der Waals surface area contributed by atoms with Crippen molar-refractivity contribution in [3.05, 3.63) is 65.7 Å². The summed E-state index contributed by atoms with van der Waals surface area (Å²) in [5.74, 6) is 0.940. The van der Waals surface area contributed by atoms with E-state index in [1.807, 2.05) is 24.3 Å². The minimum Gasteiger partial charge on any atom is -0.492 e. The largest absolute Gasteiger partial charge is 0.492 e. The highest BCUT2D eigenvalue weighted by atomic mass is 16.5. The van der Waals surface area contributed by atoms with Crippen molar-refractivity contribution in [2.75, 3.05) is 45.9 Å². The number of carbonyl (C=O) groups is 1. The standard InChI is InChI=1S/C23H29N3O2/c27-23(21-16-20-8-4-5-9-22(20)28-18-21)24-10-11-25-12-14-26(15-13-25)17-19-6-2-1-3-7-19/h1-9,21H,10-18H2,(H,24,27)/t21-/m1/s1. The monoisotopic (exact) mass is 379 g/mol. The first-order chi connectivity index (χ1) is 13.8. The highest BCUT2D eigenvalue weighted by molar-refractivity contribution is 5.79. The first-order valence-corrected chi connectivity index (χ1v) is 10.2. The smallest absolute Gasteiger partial charge is 0.226 e. The van der Waals surface area contributed by atoms with Gasteiger partial charge in [-0.1, -0.05) is 48.5 Å². The predicted octanol–water partition coefficient (Wildman–Crippen LogP) is 2.17. The zero-order valence-corrected chi connectivity index (χ0v) is 16.3. The molecule has 1 atom stereocenters. The van der Waals surface area contributed by atoms with Gasteiger partial charge in [0.15, 0.2) is 0 Å². The van der Waals surface area contributed by atoms with E-state index in [-0.39, 0.29) is 11.8 Å². The Morgan fingerprint density at radius 3 is 2.50 bits per heavy atom. The number of para-hydroxylation sites is 1. The molecule has 1 fully saturated rings. The Morgan fingerprint density at radius 2 is 1.68 bits per heavy atom. The van der Waals surface area contributed by atoms with Crippen LogP contribution in [-0.4, -0.2) is 61.6 Å². The molecule has 2 aromatic rings. The van der Waals surface area contributed by atoms with Crippen LogP contribution in [0.5, 0.6) is 5.75 Å². The highest BCUT2D eigenvalue weighted by Gasteiger charge is 2.25. The number of nitrogens with zero attached hydrogens (tertiary/aromatic N) is 2. The summed E-state index contributed by atoms with van der Waals surface area (Å²) in [6.07, 6.45) is 0.764. The third-order valence-corrected chi connectivity index (χ3v) is 5.69. The number of hydrogen-bond acceptors (Lipinski definition) is 4. The van der Waals surface area contributed by atoms with Gasteiger partial charge < -0.3 is 10.1 Å². The Bertz CT molecular complexity index is 772. The van der Waals surface area contributed by atoms with Crippen LogP contribution in [0.25, 0.3) is 0 Å². The van der Waals surface area contributed by atoms with Crippen molar-refractivity contribution in [1.82, 2.24) is 15.1 Å². The van der Waals surface area contributed by atoms with Gasteiger partial charge in [-0.3, -0.25) is 14.6 Å². The van der Waals surface area contributed by atoms with Crippen LogP contribution in [0, 0.1) is 5.92 Å². The van der Waals surface area contributed by atoms with Crippen molar-refractivity contribution in [2.24, 2.45) is 5.92 Å². The van der Waals surface area contributed by atoms with Gasteiger partial charge in [0.05, 0.1) is 5.92 Å². The van der Waals surface area contributed by atoms with E-state index in [9.17, 15) is 4.79 Å². The van der Waals surface area contributed by atoms with Gasteiger partial charge >= 0.3 is 0 Å². The molecule has 1 amide bonds. The Hall–Kier alpha value is -2.37. The first kappa shape index (κ1) is 19.0. The summed E-state index contributed by atoms with van der Waals surface area (Å²) >= 11 is 0. The third-order valence-electron chi connectivity index (χ3n) is 5.69. The lowest BCUT2D eigenvalue weighted by Crippen LogP contribution is -2.48. The van der Waals surface area contributed by atoms with Crippen LogP contribution in [0.15, 0.2) is 54.6 Å². The van der Waals surface area contributed by atoms with Crippen LogP contribution in [-0.2, 0) is 17.8 Å². The zero-order valence-electron chi connectivity index (χ0n) is 16.3. The molecule has 4 rings (SSSR count). The maximum Gasteiger partial charge on any atom is 0.226 e. The number of amides is 1. The molecule has 2 aliphatic heterocycles. The number of piperazine rings is 1. The molecule has 2 aromatic carbocycles. The molecule has 1 saturated heterocycles. The number of nitrogens with one attached hydrogen (secondary N) is 1. The van der Waals surface area contributed by atoms with Crippen LogP contribution < -0.4 is 10.1 Å². The molecule has 28 heavy (non-hydrogen) atoms. The van der Waals surface area contributed by atoms with E-state index in [1.165, 1.54) is 5.56 Å². The van der Waals surface area contributed by atoms with E-state index in [1.54, 1.807) is 0 Å². The molecule has 0 spiro atoms. The summed E-state index contributed by atoms with van der Waals surface area (Å²) in [5, 5.41) is 3.11. The molecule has 2 aliphatic rings. The average Bonchev–Trinajstić information content (AvgIpc) is 2.75. The molecule has 0 aromatic heterocycles. The average molecular weight is 380 g/mol. The second-order valence-corrected chi connectivity index (χ2v) is 7.71. The Labute approximate surface area is 167 Å². The Kier molecular flexibility index (Phi) is 6.24. The number of rotatable bonds is 6. The fraction of sp³-hybridized carbons (Fsp3) is 0.435. The fourth-order valence-electron chi connectivity index (χ4n) is 3.99. The van der Waals surface area contributed by atoms with Gasteiger partial charge in [-0.2, -0.15) is 0 Å². The molecule has 0 bridgehead atoms. The number of ether oxygens (including phenoxy) is 1. The van der Waals surface area contributed by atoms with Gasteiger partial charge in [0, 0.05) is 45.8 Å². The normalized spacial score (nSPS) is 20.2. The summed E-state index contributed by atoms with van der Waals surface area (Å²) in [5.41, 5.74) is 2.50. The van der Waals surface area contributed by atoms with Crippen LogP contribution in [0.2, 0.25) is 0 Å². The molecular weight excluding hydrogens is 350 g/mol. The van der Waals surface area contributed by atoms with Gasteiger partial charge in [-0.25, -0.2) is 0 Å². The second kappa shape index (κ2) is 9.22. The molecule has 5 nitrogen and oxygen atoms in total. The number of fused-ring (bicyclic) bond motifs is 1. The molecule has 5 heteroatoms. The van der Waals surface area contributed by atoms with Crippen LogP contribution in [0.3, 0.4) is 0 Å². The van der Waals surface area contributed by atoms with Crippen LogP contribution >= 0.6 is 0 Å². The third kappa shape index (κ3) is 4.91. The lowest BCUT2D eigenvalue weighted by atomic mass is 9.96. The van der Waals surface area contributed by atoms with Gasteiger partial charge in [0.1, 0.15) is 12.4 Å². The summed E-state index contributed by atoms with van der Waals surface area (Å²) in [7, 11) is 0. The van der Waals surface area contributed by atoms with Gasteiger partial charge in [0.2, 0.25) is 5.91 Å². The van der Waals surface area contributed by atoms with Gasteiger partial charge in [-0.15, -0.1) is 0 Å². The lowest BCUT2D eigenvalue weighted by Gasteiger charge is -2.34. The summed E-state index contributed by atoms with van der Waals surface area (Å²) < 4.78 is 5.74. The number of benzene rings is 2. The number of hydrogen-bond donors (Lipinski definition) is 1. The summed E-state index contributed by atoms with van der Waals surface area (Å²) in [4.78, 5) is 17.4. The van der Waals surface area contributed by atoms with E-state index in [4.69, 9.17) is 4.74 Å². The summed E-state index contributed by atoms with van der Waals surface area (Å²) in [6.45, 7) is 7.39. The molecule has 2 heterocycles. The minimum atomic E-state index is -0.0855. The van der Waals surface area contributed by atoms with Crippen LogP contribution in [0.1, 0.15) is 11.1 Å². The molecule has 0 radical (unpaired) electrons. The van der Waals surface area contributed by atoms with Crippen molar-refractivity contribution in [3.8, 4) is 5.75 Å². The Balaban J connectivity index is 1.15. The lowest BCUT2D eigenvalue weighted by molar-refractivity contribution is -0.126. The quantitative estimate of drug-likeness (QED) is 0.836. The van der Waals surface area contributed by atoms with E-state index in [2.05, 4.69) is 45.4 Å². The van der Waals surface area contributed by atoms with Crippen LogP contribution in [0.4, 0.5) is 0 Å². The van der Waals surface area contributed by atoms with Gasteiger partial charge in [-0.05, 0) is 23.6 Å². The molecular formula is C23H29N3O2. The molecule has 1 N–H and O–H groups in total. The van der Waals surface area contributed by atoms with Crippen molar-refractivity contribution in [1.29, 1.82) is 0 Å². The van der Waals surface area contributed by atoms with Crippen molar-refractivity contribution >= 4 is 5.91 Å². The zero-order chi connectivity index (χ0) is 19.2. The van der Waals surface area contributed by atoms with Crippen molar-refractivity contribution in [3.63, 3.8) is 0 Å². The highest BCUT2D eigenvalue weighted by Crippen LogP contribution is 2.26. The van der Waals surface area contributed by atoms with E-state index in [0.717, 1.165) is 57.0 Å². The van der Waals surface area contributed by atoms with E-state index < -0.39 is 0 Å². The second-order valence-electron chi connectivity index (χ2n) is 7.71. The topological polar surface area (TPSA) is 44.8 Å². The van der Waals surface area contributed by atoms with Crippen molar-refractivity contribution in [2.45, 2.75) is 13.0 Å². The molecule has 0 aliphatic carbocycles. The first-order valence-electron chi connectivity index (χ1n) is 10.2. The predicted molar refractivity (Wildman–Crippen MR) is 110 cm³/mol. The maximum absolute atomic E-state index is 12.5. The van der Waals surface area contributed by atoms with E-state index >= 15 is 0 Å². The van der Waals surface area contributed by atoms with Gasteiger partial charge in [0.25, 0.3) is 0 Å². The Morgan fingerprint density at radius 1 is 0.964 bits per heavy atom. The maximum atomic E-state index is 12.5. The fourth-order valence-corrected chi connectivity index (χ4v) is 3.99. The minimum absolute atomic E-state index is 0.0855. The number of carbonyl (C=O) groups excluding carboxylic acids is 1. The summed E-state index contributed by atoms with van der Waals surface area (Å²) in [6, 6.07) is 18.6. The van der Waals surface area contributed by atoms with Crippen molar-refractivity contribution < 1.29 is 9.53 Å². The SMILES string of the molecule is O=C(NCCN1CCN(Cc2ccccc2)CC1)[C@H]1COc2ccccc2C1. The van der Waals surface area contributed by atoms with E-state index in [0.29, 0.717) is 13.2 Å². The molecule has 0 unspecified atom stereocenters. The molecule has 148 valence electrons. The molecule has 0 saturated carbocycles.